The van der Waals surface area contributed by atoms with E-state index in [1.54, 1.807) is 23.9 Å². The summed E-state index contributed by atoms with van der Waals surface area (Å²) >= 11 is 1.57. The molecule has 1 aliphatic carbocycles. The van der Waals surface area contributed by atoms with E-state index in [2.05, 4.69) is 41.2 Å². The van der Waals surface area contributed by atoms with E-state index in [0.29, 0.717) is 17.9 Å². The molecule has 0 spiro atoms. The number of aliphatic hydroxyl groups excluding tert-OH is 1. The van der Waals surface area contributed by atoms with Crippen LogP contribution in [0.4, 0.5) is 4.79 Å². The Hall–Kier alpha value is -4.91. The van der Waals surface area contributed by atoms with Crippen LogP contribution in [0.3, 0.4) is 0 Å². The Balaban J connectivity index is 1.36. The maximum absolute atomic E-state index is 13.5. The van der Waals surface area contributed by atoms with Gasteiger partial charge in [-0.1, -0.05) is 91.0 Å². The van der Waals surface area contributed by atoms with Crippen LogP contribution in [0, 0.1) is 5.92 Å². The Bertz CT molecular complexity index is 1640. The summed E-state index contributed by atoms with van der Waals surface area (Å²) in [6, 6.07) is 24.3. The Labute approximate surface area is 321 Å². The summed E-state index contributed by atoms with van der Waals surface area (Å²) in [5.74, 6) is -1.11. The van der Waals surface area contributed by atoms with Crippen molar-refractivity contribution in [1.29, 1.82) is 0 Å². The fourth-order valence-electron chi connectivity index (χ4n) is 6.15. The molecule has 1 aliphatic rings. The molecule has 12 heteroatoms. The molecular weight excluding hydrogens is 707 g/mol. The highest BCUT2D eigenvalue weighted by atomic mass is 32.2. The number of hydrogen-bond acceptors (Lipinski definition) is 9. The van der Waals surface area contributed by atoms with Gasteiger partial charge in [0.25, 0.3) is 0 Å². The van der Waals surface area contributed by atoms with Crippen LogP contribution in [0.5, 0.6) is 0 Å². The van der Waals surface area contributed by atoms with Gasteiger partial charge in [0, 0.05) is 30.4 Å². The monoisotopic (exact) mass is 757 g/mol. The summed E-state index contributed by atoms with van der Waals surface area (Å²) in [7, 11) is 0. The predicted octanol–water partition coefficient (Wildman–Crippen LogP) is 5.53. The van der Waals surface area contributed by atoms with Crippen LogP contribution in [0.2, 0.25) is 0 Å². The third-order valence-corrected chi connectivity index (χ3v) is 10.0. The second kappa shape index (κ2) is 23.0. The third-order valence-electron chi connectivity index (χ3n) is 8.84. The minimum Gasteiger partial charge on any atom is -0.462 e. The number of fused-ring (bicyclic) bond motifs is 3. The van der Waals surface area contributed by atoms with E-state index in [1.165, 1.54) is 0 Å². The molecule has 4 N–H and O–H groups in total. The second-order valence-corrected chi connectivity index (χ2v) is 13.9. The van der Waals surface area contributed by atoms with E-state index < -0.39 is 30.1 Å². The predicted molar refractivity (Wildman–Crippen MR) is 211 cm³/mol. The van der Waals surface area contributed by atoms with Crippen molar-refractivity contribution < 1.29 is 38.5 Å². The van der Waals surface area contributed by atoms with Gasteiger partial charge in [-0.2, -0.15) is 11.8 Å². The fraction of sp³-hybridized carbons (Fsp3) is 0.381. The van der Waals surface area contributed by atoms with Crippen LogP contribution < -0.4 is 16.0 Å². The number of esters is 1. The Kier molecular flexibility index (Phi) is 17.8. The van der Waals surface area contributed by atoms with Gasteiger partial charge in [0.1, 0.15) is 19.3 Å². The summed E-state index contributed by atoms with van der Waals surface area (Å²) in [5, 5.41) is 17.2. The molecule has 3 aromatic carbocycles. The van der Waals surface area contributed by atoms with E-state index in [4.69, 9.17) is 19.3 Å². The van der Waals surface area contributed by atoms with Gasteiger partial charge in [-0.3, -0.25) is 9.59 Å². The van der Waals surface area contributed by atoms with Crippen LogP contribution in [0.15, 0.2) is 104 Å². The number of carbonyl (C=O) groups is 4. The first-order valence-corrected chi connectivity index (χ1v) is 19.4. The zero-order valence-corrected chi connectivity index (χ0v) is 31.4. The quantitative estimate of drug-likeness (QED) is 0.0526. The van der Waals surface area contributed by atoms with Crippen molar-refractivity contribution >= 4 is 35.6 Å². The van der Waals surface area contributed by atoms with Crippen LogP contribution in [-0.4, -0.2) is 86.4 Å². The van der Waals surface area contributed by atoms with Gasteiger partial charge in [0.15, 0.2) is 0 Å². The summed E-state index contributed by atoms with van der Waals surface area (Å²) < 4.78 is 16.6. The highest BCUT2D eigenvalue weighted by Crippen LogP contribution is 2.44. The molecule has 0 saturated heterocycles. The molecule has 0 fully saturated rings. The minimum atomic E-state index is -1.01. The maximum Gasteiger partial charge on any atom is 0.407 e. The number of rotatable bonds is 24. The maximum atomic E-state index is 13.5. The SMILES string of the molecule is C=CCC[C@H](NC(=O)OCC1c2ccccc2-c2ccccc21)C(=O)OC[C@H](CSCc1ccccc1)NC(=O)[C@H](CC=C)CC(=O)NCCOCCO. The van der Waals surface area contributed by atoms with Crippen molar-refractivity contribution in [2.45, 2.75) is 49.4 Å². The lowest BCUT2D eigenvalue weighted by atomic mass is 9.98. The number of carbonyl (C=O) groups excluding carboxylic acids is 4. The average Bonchev–Trinajstić information content (AvgIpc) is 3.51. The normalized spacial score (nSPS) is 13.4. The molecule has 288 valence electrons. The highest BCUT2D eigenvalue weighted by Gasteiger charge is 2.31. The zero-order valence-electron chi connectivity index (χ0n) is 30.6. The topological polar surface area (TPSA) is 152 Å². The number of amides is 3. The van der Waals surface area contributed by atoms with Crippen molar-refractivity contribution in [3.05, 3.63) is 121 Å². The van der Waals surface area contributed by atoms with E-state index >= 15 is 0 Å². The molecule has 0 aliphatic heterocycles. The number of thioether (sulfide) groups is 1. The molecule has 3 amide bonds. The van der Waals surface area contributed by atoms with Gasteiger partial charge < -0.3 is 35.3 Å². The number of allylic oxidation sites excluding steroid dienone is 2. The molecular formula is C42H51N3O8S. The minimum absolute atomic E-state index is 0.0742. The largest absolute Gasteiger partial charge is 0.462 e. The molecule has 0 saturated carbocycles. The average molecular weight is 758 g/mol. The first-order valence-electron chi connectivity index (χ1n) is 18.2. The van der Waals surface area contributed by atoms with Gasteiger partial charge in [-0.05, 0) is 47.1 Å². The van der Waals surface area contributed by atoms with Crippen LogP contribution >= 0.6 is 11.8 Å². The van der Waals surface area contributed by atoms with Gasteiger partial charge in [0.2, 0.25) is 11.8 Å². The Morgan fingerprint density at radius 3 is 2.20 bits per heavy atom. The van der Waals surface area contributed by atoms with Crippen molar-refractivity contribution in [1.82, 2.24) is 16.0 Å². The lowest BCUT2D eigenvalue weighted by Gasteiger charge is -2.24. The van der Waals surface area contributed by atoms with Crippen molar-refractivity contribution in [3.63, 3.8) is 0 Å². The molecule has 0 aromatic heterocycles. The fourth-order valence-corrected chi connectivity index (χ4v) is 7.16. The second-order valence-electron chi connectivity index (χ2n) is 12.8. The van der Waals surface area contributed by atoms with Crippen molar-refractivity contribution in [2.24, 2.45) is 5.92 Å². The summed E-state index contributed by atoms with van der Waals surface area (Å²) in [6.45, 7) is 7.98. The van der Waals surface area contributed by atoms with Crippen LogP contribution in [0.1, 0.15) is 48.3 Å². The Morgan fingerprint density at radius 1 is 0.852 bits per heavy atom. The molecule has 3 aromatic rings. The molecule has 0 bridgehead atoms. The smallest absolute Gasteiger partial charge is 0.407 e. The molecule has 11 nitrogen and oxygen atoms in total. The van der Waals surface area contributed by atoms with E-state index in [0.717, 1.165) is 27.8 Å². The van der Waals surface area contributed by atoms with Crippen LogP contribution in [-0.2, 0) is 34.3 Å². The van der Waals surface area contributed by atoms with Gasteiger partial charge in [-0.15, -0.1) is 13.2 Å². The van der Waals surface area contributed by atoms with Crippen molar-refractivity contribution in [3.8, 4) is 11.1 Å². The summed E-state index contributed by atoms with van der Waals surface area (Å²) in [5.41, 5.74) is 5.47. The first kappa shape index (κ1) is 41.8. The zero-order chi connectivity index (χ0) is 38.5. The third kappa shape index (κ3) is 13.2. The standard InChI is InChI=1S/C42H51N3O8S/c1-3-5-20-38(45-42(50)53-27-37-35-18-11-9-16-33(35)34-17-10-12-19-36(34)37)41(49)52-26-32(29-54-28-30-14-7-6-8-15-30)44-40(48)31(13-4-2)25-39(47)43-21-23-51-24-22-46/h3-4,6-12,14-19,31-32,37-38,46H,1-2,5,13,20-29H2,(H,43,47)(H,44,48)(H,45,50)/t31-,32-,38+/m1/s1. The number of nitrogens with one attached hydrogen (secondary N) is 3. The lowest BCUT2D eigenvalue weighted by Crippen LogP contribution is -2.47. The Morgan fingerprint density at radius 2 is 1.54 bits per heavy atom. The lowest BCUT2D eigenvalue weighted by molar-refractivity contribution is -0.147. The van der Waals surface area contributed by atoms with E-state index in [9.17, 15) is 19.2 Å². The number of ether oxygens (including phenoxy) is 3. The molecule has 0 radical (unpaired) electrons. The molecule has 0 heterocycles. The summed E-state index contributed by atoms with van der Waals surface area (Å²) in [6.07, 6.45) is 3.37. The summed E-state index contributed by atoms with van der Waals surface area (Å²) in [4.78, 5) is 52.7. The number of benzene rings is 3. The van der Waals surface area contributed by atoms with Gasteiger partial charge in [0.05, 0.1) is 31.8 Å². The number of hydrogen-bond donors (Lipinski definition) is 4. The van der Waals surface area contributed by atoms with Gasteiger partial charge >= 0.3 is 12.1 Å². The highest BCUT2D eigenvalue weighted by molar-refractivity contribution is 7.98. The molecule has 0 unspecified atom stereocenters. The molecule has 4 rings (SSSR count). The number of aliphatic hydroxyl groups is 1. The van der Waals surface area contributed by atoms with E-state index in [-0.39, 0.29) is 76.6 Å². The van der Waals surface area contributed by atoms with Gasteiger partial charge in [-0.25, -0.2) is 9.59 Å². The first-order chi connectivity index (χ1) is 26.3. The van der Waals surface area contributed by atoms with E-state index in [1.807, 2.05) is 66.7 Å². The molecule has 3 atom stereocenters. The van der Waals surface area contributed by atoms with Crippen LogP contribution in [0.25, 0.3) is 11.1 Å². The number of alkyl carbamates (subject to hydrolysis) is 1. The van der Waals surface area contributed by atoms with Crippen molar-refractivity contribution in [2.75, 3.05) is 45.3 Å². The molecule has 54 heavy (non-hydrogen) atoms.